The van der Waals surface area contributed by atoms with E-state index in [2.05, 4.69) is 4.90 Å². The Kier molecular flexibility index (Phi) is 3.22. The molecular weight excluding hydrogens is 214 g/mol. The fourth-order valence-corrected chi connectivity index (χ4v) is 2.31. The third-order valence-electron chi connectivity index (χ3n) is 3.30. The molecule has 1 heterocycles. The fourth-order valence-electron chi connectivity index (χ4n) is 2.31. The number of fused-ring (bicyclic) bond motifs is 1. The van der Waals surface area contributed by atoms with Crippen molar-refractivity contribution in [2.75, 3.05) is 23.7 Å². The lowest BCUT2D eigenvalue weighted by Crippen LogP contribution is -2.37. The van der Waals surface area contributed by atoms with Gasteiger partial charge >= 0.3 is 0 Å². The number of carbonyl (C=O) groups is 1. The second kappa shape index (κ2) is 4.65. The van der Waals surface area contributed by atoms with Gasteiger partial charge in [0.15, 0.2) is 0 Å². The Morgan fingerprint density at radius 1 is 1.53 bits per heavy atom. The minimum absolute atomic E-state index is 0.126. The molecule has 0 saturated heterocycles. The first kappa shape index (κ1) is 11.8. The molecule has 0 saturated carbocycles. The fraction of sp³-hybridized carbons (Fsp3) is 0.462. The molecule has 4 heteroatoms. The zero-order chi connectivity index (χ0) is 12.4. The van der Waals surface area contributed by atoms with E-state index in [1.54, 1.807) is 0 Å². The molecule has 1 aromatic carbocycles. The molecule has 1 amide bonds. The van der Waals surface area contributed by atoms with E-state index in [9.17, 15) is 4.79 Å². The van der Waals surface area contributed by atoms with E-state index in [1.165, 1.54) is 11.3 Å². The van der Waals surface area contributed by atoms with Gasteiger partial charge in [-0.3, -0.25) is 4.79 Å². The summed E-state index contributed by atoms with van der Waals surface area (Å²) in [5.74, 6) is -0.369. The van der Waals surface area contributed by atoms with Gasteiger partial charge in [0.05, 0.1) is 5.92 Å². The van der Waals surface area contributed by atoms with E-state index in [-0.39, 0.29) is 11.8 Å². The van der Waals surface area contributed by atoms with Crippen LogP contribution in [0.4, 0.5) is 11.4 Å². The molecule has 0 radical (unpaired) electrons. The molecule has 1 atom stereocenters. The van der Waals surface area contributed by atoms with Crippen molar-refractivity contribution in [3.05, 3.63) is 23.8 Å². The molecule has 17 heavy (non-hydrogen) atoms. The Bertz CT molecular complexity index is 431. The van der Waals surface area contributed by atoms with Gasteiger partial charge in [0.1, 0.15) is 0 Å². The maximum Gasteiger partial charge on any atom is 0.222 e. The maximum atomic E-state index is 11.1. The van der Waals surface area contributed by atoms with Crippen LogP contribution in [-0.4, -0.2) is 19.0 Å². The number of primary amides is 1. The van der Waals surface area contributed by atoms with E-state index in [4.69, 9.17) is 11.5 Å². The predicted octanol–water partition coefficient (Wildman–Crippen LogP) is 1.14. The quantitative estimate of drug-likeness (QED) is 0.769. The Labute approximate surface area is 102 Å². The minimum atomic E-state index is -0.243. The van der Waals surface area contributed by atoms with E-state index in [0.717, 1.165) is 25.1 Å². The van der Waals surface area contributed by atoms with Crippen LogP contribution in [0.25, 0.3) is 0 Å². The van der Waals surface area contributed by atoms with Gasteiger partial charge < -0.3 is 16.4 Å². The molecule has 0 aromatic heterocycles. The number of nitrogen functional groups attached to an aromatic ring is 1. The van der Waals surface area contributed by atoms with Crippen molar-refractivity contribution in [3.63, 3.8) is 0 Å². The van der Waals surface area contributed by atoms with Crippen LogP contribution in [0.2, 0.25) is 0 Å². The molecule has 0 bridgehead atoms. The highest BCUT2D eigenvalue weighted by molar-refractivity contribution is 5.77. The number of hydrogen-bond acceptors (Lipinski definition) is 3. The molecule has 4 nitrogen and oxygen atoms in total. The number of amides is 1. The summed E-state index contributed by atoms with van der Waals surface area (Å²) in [7, 11) is 0. The normalized spacial score (nSPS) is 16.4. The average Bonchev–Trinajstić information content (AvgIpc) is 2.28. The lowest BCUT2D eigenvalue weighted by Gasteiger charge is -2.32. The van der Waals surface area contributed by atoms with Crippen molar-refractivity contribution in [1.29, 1.82) is 0 Å². The maximum absolute atomic E-state index is 11.1. The molecule has 1 aliphatic rings. The largest absolute Gasteiger partial charge is 0.399 e. The predicted molar refractivity (Wildman–Crippen MR) is 69.7 cm³/mol. The van der Waals surface area contributed by atoms with Gasteiger partial charge in [0.2, 0.25) is 5.91 Å². The lowest BCUT2D eigenvalue weighted by atomic mass is 9.99. The van der Waals surface area contributed by atoms with Crippen molar-refractivity contribution >= 4 is 17.3 Å². The van der Waals surface area contributed by atoms with Crippen LogP contribution in [0, 0.1) is 5.92 Å². The number of benzene rings is 1. The second-order valence-corrected chi connectivity index (χ2v) is 4.74. The third kappa shape index (κ3) is 2.52. The number of nitrogens with two attached hydrogens (primary N) is 2. The third-order valence-corrected chi connectivity index (χ3v) is 3.30. The molecule has 1 aliphatic heterocycles. The van der Waals surface area contributed by atoms with E-state index >= 15 is 0 Å². The first-order valence-corrected chi connectivity index (χ1v) is 6.00. The zero-order valence-electron chi connectivity index (χ0n) is 10.1. The highest BCUT2D eigenvalue weighted by atomic mass is 16.1. The molecule has 4 N–H and O–H groups in total. The van der Waals surface area contributed by atoms with Crippen LogP contribution in [0.3, 0.4) is 0 Å². The van der Waals surface area contributed by atoms with Gasteiger partial charge in [0.25, 0.3) is 0 Å². The Hall–Kier alpha value is -1.71. The van der Waals surface area contributed by atoms with Crippen molar-refractivity contribution in [2.24, 2.45) is 11.7 Å². The van der Waals surface area contributed by atoms with Gasteiger partial charge in [-0.2, -0.15) is 0 Å². The number of hydrogen-bond donors (Lipinski definition) is 2. The van der Waals surface area contributed by atoms with Crippen LogP contribution < -0.4 is 16.4 Å². The van der Waals surface area contributed by atoms with E-state index in [1.807, 2.05) is 25.1 Å². The van der Waals surface area contributed by atoms with Crippen molar-refractivity contribution < 1.29 is 4.79 Å². The average molecular weight is 233 g/mol. The van der Waals surface area contributed by atoms with Crippen LogP contribution >= 0.6 is 0 Å². The van der Waals surface area contributed by atoms with E-state index in [0.29, 0.717) is 6.54 Å². The van der Waals surface area contributed by atoms with Crippen LogP contribution in [0.5, 0.6) is 0 Å². The van der Waals surface area contributed by atoms with Gasteiger partial charge in [-0.15, -0.1) is 0 Å². The van der Waals surface area contributed by atoms with Crippen LogP contribution in [0.1, 0.15) is 18.9 Å². The summed E-state index contributed by atoms with van der Waals surface area (Å²) < 4.78 is 0. The number of carbonyl (C=O) groups excluding carboxylic acids is 1. The highest BCUT2D eigenvalue weighted by Crippen LogP contribution is 2.29. The van der Waals surface area contributed by atoms with Gasteiger partial charge in [-0.25, -0.2) is 0 Å². The standard InChI is InChI=1S/C13H19N3O/c1-9(13(15)17)8-16-6-2-3-10-7-11(14)4-5-12(10)16/h4-5,7,9H,2-3,6,8,14H2,1H3,(H2,15,17). The Morgan fingerprint density at radius 2 is 2.29 bits per heavy atom. The number of nitrogens with zero attached hydrogens (tertiary/aromatic N) is 1. The summed E-state index contributed by atoms with van der Waals surface area (Å²) in [4.78, 5) is 13.3. The molecule has 1 unspecified atom stereocenters. The zero-order valence-corrected chi connectivity index (χ0v) is 10.1. The number of aryl methyl sites for hydroxylation is 1. The summed E-state index contributed by atoms with van der Waals surface area (Å²) in [6.45, 7) is 3.54. The SMILES string of the molecule is CC(CN1CCCc2cc(N)ccc21)C(N)=O. The van der Waals surface area contributed by atoms with Crippen molar-refractivity contribution in [3.8, 4) is 0 Å². The van der Waals surface area contributed by atoms with Gasteiger partial charge in [-0.1, -0.05) is 6.92 Å². The van der Waals surface area contributed by atoms with Crippen molar-refractivity contribution in [2.45, 2.75) is 19.8 Å². The summed E-state index contributed by atoms with van der Waals surface area (Å²) in [6.07, 6.45) is 2.16. The highest BCUT2D eigenvalue weighted by Gasteiger charge is 2.20. The molecular formula is C13H19N3O. The molecule has 0 aliphatic carbocycles. The summed E-state index contributed by atoms with van der Waals surface area (Å²) >= 11 is 0. The summed E-state index contributed by atoms with van der Waals surface area (Å²) in [5.41, 5.74) is 14.4. The van der Waals surface area contributed by atoms with Gasteiger partial charge in [-0.05, 0) is 36.6 Å². The molecule has 92 valence electrons. The monoisotopic (exact) mass is 233 g/mol. The Balaban J connectivity index is 2.20. The molecule has 1 aromatic rings. The minimum Gasteiger partial charge on any atom is -0.399 e. The summed E-state index contributed by atoms with van der Waals surface area (Å²) in [5, 5.41) is 0. The molecule has 0 spiro atoms. The summed E-state index contributed by atoms with van der Waals surface area (Å²) in [6, 6.07) is 5.97. The topological polar surface area (TPSA) is 72.3 Å². The number of anilines is 2. The molecule has 2 rings (SSSR count). The number of rotatable bonds is 3. The van der Waals surface area contributed by atoms with Crippen LogP contribution in [0.15, 0.2) is 18.2 Å². The Morgan fingerprint density at radius 3 is 3.00 bits per heavy atom. The second-order valence-electron chi connectivity index (χ2n) is 4.74. The van der Waals surface area contributed by atoms with Crippen LogP contribution in [-0.2, 0) is 11.2 Å². The first-order valence-electron chi connectivity index (χ1n) is 6.00. The lowest BCUT2D eigenvalue weighted by molar-refractivity contribution is -0.121. The van der Waals surface area contributed by atoms with E-state index < -0.39 is 0 Å². The molecule has 0 fully saturated rings. The first-order chi connectivity index (χ1) is 8.08. The van der Waals surface area contributed by atoms with Gasteiger partial charge in [0, 0.05) is 24.5 Å². The smallest absolute Gasteiger partial charge is 0.222 e. The van der Waals surface area contributed by atoms with Crippen molar-refractivity contribution in [1.82, 2.24) is 0 Å².